The number of carbonyl (C=O) groups excluding carboxylic acids is 4. The summed E-state index contributed by atoms with van der Waals surface area (Å²) in [5.41, 5.74) is 0. The summed E-state index contributed by atoms with van der Waals surface area (Å²) in [4.78, 5) is 72.9. The van der Waals surface area contributed by atoms with Crippen molar-refractivity contribution in [1.82, 2.24) is 0 Å². The van der Waals surface area contributed by atoms with Crippen LogP contribution in [0.2, 0.25) is 0 Å². The smallest absolute Gasteiger partial charge is 0.462 e. The normalized spacial score (nSPS) is 14.3. The summed E-state index contributed by atoms with van der Waals surface area (Å²) in [6.45, 7) is 4.80. The van der Waals surface area contributed by atoms with Gasteiger partial charge in [-0.05, 0) is 116 Å². The number of phosphoric acid groups is 2. The van der Waals surface area contributed by atoms with Gasteiger partial charge >= 0.3 is 39.5 Å². The van der Waals surface area contributed by atoms with Crippen molar-refractivity contribution in [1.29, 1.82) is 0 Å². The van der Waals surface area contributed by atoms with Gasteiger partial charge in [-0.15, -0.1) is 0 Å². The number of ether oxygens (including phenoxy) is 4. The fourth-order valence-electron chi connectivity index (χ4n) is 11.0. The second-order valence-electron chi connectivity index (χ2n) is 27.0. The van der Waals surface area contributed by atoms with Crippen LogP contribution in [0.3, 0.4) is 0 Å². The van der Waals surface area contributed by atoms with Gasteiger partial charge in [-0.3, -0.25) is 37.3 Å². The fourth-order valence-corrected chi connectivity index (χ4v) is 12.5. The third kappa shape index (κ3) is 72.8. The molecule has 0 saturated carbocycles. The summed E-state index contributed by atoms with van der Waals surface area (Å²) in [6.07, 6.45) is 74.5. The van der Waals surface area contributed by atoms with E-state index in [9.17, 15) is 43.2 Å². The van der Waals surface area contributed by atoms with Gasteiger partial charge in [0.05, 0.1) is 26.4 Å². The topological polar surface area (TPSA) is 237 Å². The molecule has 582 valence electrons. The standard InChI is InChI=1S/C81H146O17P2/c1-5-9-13-17-21-25-29-33-35-36-37-38-40-44-46-50-54-58-62-66-79(84)92-72-77(98-81(86)68-64-60-56-52-48-42-32-28-24-20-16-12-8-4)74-96-100(89,90)94-70-75(82)69-93-99(87,88)95-73-76(97-80(85)67-63-59-55-51-47-41-31-27-23-19-15-11-7-3)71-91-78(83)65-61-57-53-49-45-43-39-34-30-26-22-18-14-10-6-2/h16,20-21,25,28,32-35,37-39,75-77,82H,5-15,17-19,22-24,26-27,29-31,36,40-74H2,1-4H3,(H,87,88)(H,89,90)/b20-16-,25-21-,32-28-,35-33-,38-37-,39-34-. The lowest BCUT2D eigenvalue weighted by Crippen LogP contribution is -2.30. The summed E-state index contributed by atoms with van der Waals surface area (Å²) >= 11 is 0. The second kappa shape index (κ2) is 73.8. The van der Waals surface area contributed by atoms with Crippen LogP contribution in [-0.2, 0) is 65.4 Å². The highest BCUT2D eigenvalue weighted by molar-refractivity contribution is 7.47. The molecular formula is C81H146O17P2. The summed E-state index contributed by atoms with van der Waals surface area (Å²) < 4.78 is 68.6. The lowest BCUT2D eigenvalue weighted by molar-refractivity contribution is -0.161. The van der Waals surface area contributed by atoms with Gasteiger partial charge in [0.25, 0.3) is 0 Å². The average Bonchev–Trinajstić information content (AvgIpc) is 0.946. The number of hydrogen-bond donors (Lipinski definition) is 3. The Morgan fingerprint density at radius 2 is 0.510 bits per heavy atom. The van der Waals surface area contributed by atoms with Gasteiger partial charge in [-0.1, -0.05) is 293 Å². The molecule has 0 aliphatic rings. The Hall–Kier alpha value is -3.50. The van der Waals surface area contributed by atoms with Crippen LogP contribution in [0.1, 0.15) is 362 Å². The monoisotopic (exact) mass is 1450 g/mol. The van der Waals surface area contributed by atoms with E-state index in [1.54, 1.807) is 0 Å². The molecule has 17 nitrogen and oxygen atoms in total. The van der Waals surface area contributed by atoms with Gasteiger partial charge in [0.1, 0.15) is 19.3 Å². The molecule has 0 aromatic carbocycles. The maximum Gasteiger partial charge on any atom is 0.472 e. The van der Waals surface area contributed by atoms with E-state index < -0.39 is 97.5 Å². The molecule has 0 bridgehead atoms. The van der Waals surface area contributed by atoms with Crippen LogP contribution in [-0.4, -0.2) is 96.7 Å². The minimum absolute atomic E-state index is 0.0778. The average molecular weight is 1450 g/mol. The minimum atomic E-state index is -4.98. The lowest BCUT2D eigenvalue weighted by atomic mass is 10.0. The van der Waals surface area contributed by atoms with E-state index in [4.69, 9.17) is 37.0 Å². The van der Waals surface area contributed by atoms with E-state index in [0.717, 1.165) is 173 Å². The number of unbranched alkanes of at least 4 members (excludes halogenated alkanes) is 38. The van der Waals surface area contributed by atoms with Crippen LogP contribution < -0.4 is 0 Å². The molecule has 0 fully saturated rings. The molecule has 0 spiro atoms. The van der Waals surface area contributed by atoms with Crippen molar-refractivity contribution >= 4 is 39.5 Å². The quantitative estimate of drug-likeness (QED) is 0.0169. The number of allylic oxidation sites excluding steroid dienone is 12. The largest absolute Gasteiger partial charge is 0.472 e. The van der Waals surface area contributed by atoms with Gasteiger partial charge in [-0.25, -0.2) is 9.13 Å². The predicted molar refractivity (Wildman–Crippen MR) is 409 cm³/mol. The Morgan fingerprint density at radius 3 is 0.820 bits per heavy atom. The number of hydrogen-bond acceptors (Lipinski definition) is 15. The molecule has 0 aromatic rings. The van der Waals surface area contributed by atoms with Crippen LogP contribution >= 0.6 is 15.6 Å². The molecule has 5 atom stereocenters. The molecule has 3 N–H and O–H groups in total. The highest BCUT2D eigenvalue weighted by Gasteiger charge is 2.30. The zero-order chi connectivity index (χ0) is 73.2. The van der Waals surface area contributed by atoms with E-state index in [-0.39, 0.29) is 25.7 Å². The lowest BCUT2D eigenvalue weighted by Gasteiger charge is -2.21. The Morgan fingerprint density at radius 1 is 0.280 bits per heavy atom. The van der Waals surface area contributed by atoms with Gasteiger partial charge in [0.15, 0.2) is 12.2 Å². The number of aliphatic hydroxyl groups excluding tert-OH is 1. The number of esters is 4. The van der Waals surface area contributed by atoms with Crippen LogP contribution in [0, 0.1) is 0 Å². The molecule has 0 amide bonds. The summed E-state index contributed by atoms with van der Waals surface area (Å²) in [5.74, 6) is -2.18. The van der Waals surface area contributed by atoms with Crippen molar-refractivity contribution in [2.45, 2.75) is 380 Å². The van der Waals surface area contributed by atoms with E-state index in [0.29, 0.717) is 25.7 Å². The summed E-state index contributed by atoms with van der Waals surface area (Å²) in [6, 6.07) is 0. The zero-order valence-electron chi connectivity index (χ0n) is 63.6. The van der Waals surface area contributed by atoms with Crippen LogP contribution in [0.25, 0.3) is 0 Å². The summed E-state index contributed by atoms with van der Waals surface area (Å²) in [7, 11) is -9.95. The first-order chi connectivity index (χ1) is 48.7. The molecule has 5 unspecified atom stereocenters. The SMILES string of the molecule is CCC/C=C\C/C=C\CCCCCCCC(=O)OC(COC(=O)CCCCCCCC/C=C\C/C=C\C/C=C\CCCCC)COP(=O)(O)OCC(O)COP(=O)(O)OCC(COC(=O)CCCCCCC/C=C\CCCCCCCC)OC(=O)CCCCCCCCCCCCCCC. The molecular weight excluding hydrogens is 1310 g/mol. The van der Waals surface area contributed by atoms with Crippen LogP contribution in [0.4, 0.5) is 0 Å². The molecule has 0 heterocycles. The van der Waals surface area contributed by atoms with E-state index in [1.165, 1.54) is 109 Å². The molecule has 0 aliphatic carbocycles. The van der Waals surface area contributed by atoms with Gasteiger partial charge in [0.2, 0.25) is 0 Å². The van der Waals surface area contributed by atoms with Crippen molar-refractivity contribution in [3.05, 3.63) is 72.9 Å². The highest BCUT2D eigenvalue weighted by atomic mass is 31.2. The number of aliphatic hydroxyl groups is 1. The van der Waals surface area contributed by atoms with Gasteiger partial charge in [0, 0.05) is 25.7 Å². The number of phosphoric ester groups is 2. The molecule has 0 aliphatic heterocycles. The van der Waals surface area contributed by atoms with Gasteiger partial charge in [-0.2, -0.15) is 0 Å². The first-order valence-corrected chi connectivity index (χ1v) is 43.2. The Balaban J connectivity index is 5.32. The predicted octanol–water partition coefficient (Wildman–Crippen LogP) is 23.2. The van der Waals surface area contributed by atoms with Crippen molar-refractivity contribution in [3.63, 3.8) is 0 Å². The van der Waals surface area contributed by atoms with E-state index in [1.807, 2.05) is 0 Å². The van der Waals surface area contributed by atoms with E-state index in [2.05, 4.69) is 101 Å². The first kappa shape index (κ1) is 96.5. The van der Waals surface area contributed by atoms with Crippen LogP contribution in [0.5, 0.6) is 0 Å². The Labute approximate surface area is 609 Å². The van der Waals surface area contributed by atoms with E-state index >= 15 is 0 Å². The number of rotatable bonds is 76. The third-order valence-electron chi connectivity index (χ3n) is 17.1. The minimum Gasteiger partial charge on any atom is -0.462 e. The van der Waals surface area contributed by atoms with Crippen molar-refractivity contribution in [2.24, 2.45) is 0 Å². The zero-order valence-corrected chi connectivity index (χ0v) is 65.4. The Kier molecular flexibility index (Phi) is 71.2. The van der Waals surface area contributed by atoms with Crippen molar-refractivity contribution in [2.75, 3.05) is 39.6 Å². The maximum atomic E-state index is 13.1. The molecule has 19 heteroatoms. The van der Waals surface area contributed by atoms with Crippen LogP contribution in [0.15, 0.2) is 72.9 Å². The van der Waals surface area contributed by atoms with Gasteiger partial charge < -0.3 is 33.8 Å². The van der Waals surface area contributed by atoms with Crippen molar-refractivity contribution < 1.29 is 80.2 Å². The third-order valence-corrected chi connectivity index (χ3v) is 19.0. The first-order valence-electron chi connectivity index (χ1n) is 40.2. The molecule has 0 rings (SSSR count). The molecule has 0 radical (unpaired) electrons. The summed E-state index contributed by atoms with van der Waals surface area (Å²) in [5, 5.41) is 10.6. The highest BCUT2D eigenvalue weighted by Crippen LogP contribution is 2.45. The fraction of sp³-hybridized carbons (Fsp3) is 0.802. The molecule has 0 aromatic heterocycles. The van der Waals surface area contributed by atoms with Crippen molar-refractivity contribution in [3.8, 4) is 0 Å². The molecule has 0 saturated heterocycles. The molecule has 100 heavy (non-hydrogen) atoms. The maximum absolute atomic E-state index is 13.1. The second-order valence-corrected chi connectivity index (χ2v) is 29.9. The Bertz CT molecular complexity index is 2180. The number of carbonyl (C=O) groups is 4.